The lowest BCUT2D eigenvalue weighted by molar-refractivity contribution is -0.136. The van der Waals surface area contributed by atoms with Gasteiger partial charge in [0.2, 0.25) is 5.91 Å². The third-order valence-corrected chi connectivity index (χ3v) is 4.31. The van der Waals surface area contributed by atoms with E-state index in [1.807, 2.05) is 18.2 Å². The Balaban J connectivity index is 1.69. The molecule has 3 aromatic rings. The third-order valence-electron chi connectivity index (χ3n) is 4.31. The van der Waals surface area contributed by atoms with E-state index in [0.29, 0.717) is 49.2 Å². The lowest BCUT2D eigenvalue weighted by Gasteiger charge is -2.26. The van der Waals surface area contributed by atoms with Crippen molar-refractivity contribution in [1.29, 1.82) is 0 Å². The fraction of sp³-hybridized carbons (Fsp3) is 0.353. The van der Waals surface area contributed by atoms with Crippen molar-refractivity contribution in [2.75, 3.05) is 26.3 Å². The zero-order chi connectivity index (χ0) is 18.1. The molecule has 0 unspecified atom stereocenters. The highest BCUT2D eigenvalue weighted by Crippen LogP contribution is 2.15. The van der Waals surface area contributed by atoms with Gasteiger partial charge in [-0.1, -0.05) is 6.07 Å². The number of nitrogens with zero attached hydrogens (tertiary/aromatic N) is 6. The molecule has 0 aromatic carbocycles. The fourth-order valence-corrected chi connectivity index (χ4v) is 2.99. The standard InChI is InChI=1S/C17H18N6O3/c1-12-19-14(13-4-2-3-5-18-13)10-15-20-22(17(25)23(12)15)11-16(24)21-6-8-26-9-7-21/h2-5,10H,6-9,11H2,1H3. The summed E-state index contributed by atoms with van der Waals surface area (Å²) in [7, 11) is 0. The Kier molecular flexibility index (Phi) is 4.21. The first-order chi connectivity index (χ1) is 12.6. The Morgan fingerprint density at radius 2 is 2.04 bits per heavy atom. The predicted octanol–water partition coefficient (Wildman–Crippen LogP) is 0.120. The molecule has 1 amide bonds. The van der Waals surface area contributed by atoms with E-state index in [-0.39, 0.29) is 18.1 Å². The first-order valence-corrected chi connectivity index (χ1v) is 8.37. The van der Waals surface area contributed by atoms with Crippen molar-refractivity contribution in [3.8, 4) is 11.4 Å². The molecule has 3 aromatic heterocycles. The highest BCUT2D eigenvalue weighted by molar-refractivity contribution is 5.76. The highest BCUT2D eigenvalue weighted by Gasteiger charge is 2.20. The topological polar surface area (TPSA) is 94.6 Å². The van der Waals surface area contributed by atoms with Gasteiger partial charge in [0.15, 0.2) is 5.65 Å². The minimum absolute atomic E-state index is 0.0983. The smallest absolute Gasteiger partial charge is 0.352 e. The van der Waals surface area contributed by atoms with Gasteiger partial charge in [0, 0.05) is 25.4 Å². The molecule has 1 aliphatic heterocycles. The SMILES string of the molecule is Cc1nc(-c2ccccn2)cc2nn(CC(=O)N3CCOCC3)c(=O)n12. The van der Waals surface area contributed by atoms with Crippen LogP contribution in [0.1, 0.15) is 5.82 Å². The molecule has 134 valence electrons. The van der Waals surface area contributed by atoms with E-state index in [2.05, 4.69) is 15.1 Å². The van der Waals surface area contributed by atoms with Crippen molar-refractivity contribution in [1.82, 2.24) is 29.0 Å². The average Bonchev–Trinajstić information content (AvgIpc) is 2.99. The molecule has 4 heterocycles. The summed E-state index contributed by atoms with van der Waals surface area (Å²) in [5, 5.41) is 4.31. The minimum Gasteiger partial charge on any atom is -0.378 e. The van der Waals surface area contributed by atoms with Gasteiger partial charge in [-0.25, -0.2) is 18.9 Å². The van der Waals surface area contributed by atoms with Crippen LogP contribution in [0.4, 0.5) is 0 Å². The Morgan fingerprint density at radius 1 is 1.23 bits per heavy atom. The molecule has 0 saturated carbocycles. The summed E-state index contributed by atoms with van der Waals surface area (Å²) in [6.45, 7) is 3.73. The third kappa shape index (κ3) is 2.97. The fourth-order valence-electron chi connectivity index (χ4n) is 2.99. The number of aryl methyl sites for hydroxylation is 1. The zero-order valence-electron chi connectivity index (χ0n) is 14.3. The molecule has 1 saturated heterocycles. The van der Waals surface area contributed by atoms with Gasteiger partial charge in [-0.2, -0.15) is 0 Å². The van der Waals surface area contributed by atoms with Crippen molar-refractivity contribution in [3.05, 3.63) is 46.8 Å². The number of fused-ring (bicyclic) bond motifs is 1. The van der Waals surface area contributed by atoms with Crippen LogP contribution in [0.3, 0.4) is 0 Å². The van der Waals surface area contributed by atoms with Crippen LogP contribution in [0.15, 0.2) is 35.3 Å². The molecular weight excluding hydrogens is 336 g/mol. The number of hydrogen-bond donors (Lipinski definition) is 0. The van der Waals surface area contributed by atoms with Crippen LogP contribution >= 0.6 is 0 Å². The number of rotatable bonds is 3. The van der Waals surface area contributed by atoms with E-state index in [1.54, 1.807) is 24.1 Å². The Labute approximate surface area is 148 Å². The summed E-state index contributed by atoms with van der Waals surface area (Å²) in [4.78, 5) is 35.4. The molecular formula is C17H18N6O3. The zero-order valence-corrected chi connectivity index (χ0v) is 14.3. The van der Waals surface area contributed by atoms with Crippen LogP contribution in [-0.2, 0) is 16.1 Å². The molecule has 0 atom stereocenters. The number of morpholine rings is 1. The van der Waals surface area contributed by atoms with Gasteiger partial charge >= 0.3 is 5.69 Å². The van der Waals surface area contributed by atoms with Gasteiger partial charge in [-0.15, -0.1) is 5.10 Å². The van der Waals surface area contributed by atoms with Gasteiger partial charge in [0.05, 0.1) is 24.6 Å². The first-order valence-electron chi connectivity index (χ1n) is 8.37. The number of ether oxygens (including phenoxy) is 1. The van der Waals surface area contributed by atoms with Crippen LogP contribution in [0.2, 0.25) is 0 Å². The maximum Gasteiger partial charge on any atom is 0.352 e. The monoisotopic (exact) mass is 354 g/mol. The van der Waals surface area contributed by atoms with E-state index in [4.69, 9.17) is 4.74 Å². The molecule has 0 N–H and O–H groups in total. The number of amides is 1. The Hall–Kier alpha value is -3.07. The van der Waals surface area contributed by atoms with Crippen LogP contribution < -0.4 is 5.69 Å². The van der Waals surface area contributed by atoms with E-state index in [9.17, 15) is 9.59 Å². The summed E-state index contributed by atoms with van der Waals surface area (Å²) in [6, 6.07) is 7.24. The maximum absolute atomic E-state index is 12.6. The molecule has 0 bridgehead atoms. The largest absolute Gasteiger partial charge is 0.378 e. The lowest BCUT2D eigenvalue weighted by atomic mass is 10.2. The predicted molar refractivity (Wildman–Crippen MR) is 92.6 cm³/mol. The van der Waals surface area contributed by atoms with Gasteiger partial charge in [0.1, 0.15) is 12.4 Å². The van der Waals surface area contributed by atoms with Crippen LogP contribution in [0, 0.1) is 6.92 Å². The number of aromatic nitrogens is 5. The summed E-state index contributed by atoms with van der Waals surface area (Å²) in [5.74, 6) is 0.354. The maximum atomic E-state index is 12.6. The van der Waals surface area contributed by atoms with E-state index < -0.39 is 0 Å². The van der Waals surface area contributed by atoms with Crippen molar-refractivity contribution >= 4 is 11.6 Å². The number of pyridine rings is 1. The molecule has 0 aliphatic carbocycles. The summed E-state index contributed by atoms with van der Waals surface area (Å²) < 4.78 is 7.83. The minimum atomic E-state index is -0.376. The average molecular weight is 354 g/mol. The summed E-state index contributed by atoms with van der Waals surface area (Å²) in [6.07, 6.45) is 1.68. The second-order valence-corrected chi connectivity index (χ2v) is 6.03. The summed E-state index contributed by atoms with van der Waals surface area (Å²) in [5.41, 5.74) is 1.40. The summed E-state index contributed by atoms with van der Waals surface area (Å²) >= 11 is 0. The van der Waals surface area contributed by atoms with Crippen LogP contribution in [0.5, 0.6) is 0 Å². The first kappa shape index (κ1) is 16.4. The molecule has 9 nitrogen and oxygen atoms in total. The Bertz CT molecular complexity index is 1000. The second-order valence-electron chi connectivity index (χ2n) is 6.03. The molecule has 4 rings (SSSR count). The quantitative estimate of drug-likeness (QED) is 0.663. The van der Waals surface area contributed by atoms with E-state index >= 15 is 0 Å². The molecule has 9 heteroatoms. The van der Waals surface area contributed by atoms with Gasteiger partial charge in [-0.3, -0.25) is 9.78 Å². The van der Waals surface area contributed by atoms with Crippen LogP contribution in [0.25, 0.3) is 17.0 Å². The lowest BCUT2D eigenvalue weighted by Crippen LogP contribution is -2.43. The van der Waals surface area contributed by atoms with Crippen molar-refractivity contribution in [2.45, 2.75) is 13.5 Å². The van der Waals surface area contributed by atoms with Gasteiger partial charge in [0.25, 0.3) is 0 Å². The Morgan fingerprint density at radius 3 is 2.77 bits per heavy atom. The molecule has 0 radical (unpaired) electrons. The highest BCUT2D eigenvalue weighted by atomic mass is 16.5. The molecule has 1 aliphatic rings. The van der Waals surface area contributed by atoms with Crippen LogP contribution in [-0.4, -0.2) is 61.3 Å². The molecule has 1 fully saturated rings. The van der Waals surface area contributed by atoms with E-state index in [1.165, 1.54) is 9.08 Å². The van der Waals surface area contributed by atoms with Crippen molar-refractivity contribution in [2.24, 2.45) is 0 Å². The van der Waals surface area contributed by atoms with Crippen molar-refractivity contribution < 1.29 is 9.53 Å². The molecule has 26 heavy (non-hydrogen) atoms. The number of carbonyl (C=O) groups excluding carboxylic acids is 1. The molecule has 0 spiro atoms. The second kappa shape index (κ2) is 6.68. The van der Waals surface area contributed by atoms with Gasteiger partial charge in [-0.05, 0) is 19.1 Å². The van der Waals surface area contributed by atoms with E-state index in [0.717, 1.165) is 0 Å². The van der Waals surface area contributed by atoms with Crippen molar-refractivity contribution in [3.63, 3.8) is 0 Å². The number of carbonyl (C=O) groups is 1. The normalized spacial score (nSPS) is 14.7. The number of hydrogen-bond acceptors (Lipinski definition) is 6. The van der Waals surface area contributed by atoms with Gasteiger partial charge < -0.3 is 9.64 Å².